The molecule has 1 N–H and O–H groups in total. The van der Waals surface area contributed by atoms with E-state index in [2.05, 4.69) is 10.4 Å². The minimum Gasteiger partial charge on any atom is -0.350 e. The molecule has 1 heterocycles. The lowest BCUT2D eigenvalue weighted by atomic mass is 10.2. The fraction of sp³-hybridized carbons (Fsp3) is 0.350. The molecule has 6 nitrogen and oxygen atoms in total. The molecule has 0 aliphatic carbocycles. The second kappa shape index (κ2) is 9.12. The molecule has 0 fully saturated rings. The van der Waals surface area contributed by atoms with Gasteiger partial charge >= 0.3 is 0 Å². The van der Waals surface area contributed by atoms with Crippen molar-refractivity contribution in [3.8, 4) is 0 Å². The first-order valence-corrected chi connectivity index (χ1v) is 8.80. The molecule has 2 aromatic rings. The lowest BCUT2D eigenvalue weighted by molar-refractivity contribution is -0.132. The Labute approximate surface area is 158 Å². The van der Waals surface area contributed by atoms with Crippen LogP contribution in [0.15, 0.2) is 30.3 Å². The van der Waals surface area contributed by atoms with Gasteiger partial charge in [-0.2, -0.15) is 5.10 Å². The van der Waals surface area contributed by atoms with Crippen molar-refractivity contribution < 1.29 is 14.0 Å². The van der Waals surface area contributed by atoms with Crippen molar-refractivity contribution in [1.29, 1.82) is 0 Å². The Morgan fingerprint density at radius 2 is 1.93 bits per heavy atom. The zero-order valence-electron chi connectivity index (χ0n) is 16.1. The van der Waals surface area contributed by atoms with Gasteiger partial charge in [-0.25, -0.2) is 4.39 Å². The van der Waals surface area contributed by atoms with Gasteiger partial charge in [0.1, 0.15) is 5.82 Å². The molecule has 0 spiro atoms. The van der Waals surface area contributed by atoms with Crippen LogP contribution in [0.25, 0.3) is 6.08 Å². The number of benzene rings is 1. The van der Waals surface area contributed by atoms with E-state index in [0.29, 0.717) is 6.54 Å². The molecule has 0 atom stereocenters. The Morgan fingerprint density at radius 1 is 1.26 bits per heavy atom. The van der Waals surface area contributed by atoms with Crippen molar-refractivity contribution >= 4 is 17.9 Å². The van der Waals surface area contributed by atoms with E-state index >= 15 is 0 Å². The number of hydrogen-bond acceptors (Lipinski definition) is 3. The van der Waals surface area contributed by atoms with Gasteiger partial charge in [0.25, 0.3) is 0 Å². The Kier molecular flexibility index (Phi) is 6.87. The summed E-state index contributed by atoms with van der Waals surface area (Å²) in [4.78, 5) is 26.0. The quantitative estimate of drug-likeness (QED) is 0.759. The molecular weight excluding hydrogens is 347 g/mol. The van der Waals surface area contributed by atoms with Crippen LogP contribution in [0.2, 0.25) is 0 Å². The maximum atomic E-state index is 12.9. The molecule has 0 saturated heterocycles. The summed E-state index contributed by atoms with van der Waals surface area (Å²) >= 11 is 0. The molecule has 144 valence electrons. The van der Waals surface area contributed by atoms with Gasteiger partial charge < -0.3 is 10.2 Å². The van der Waals surface area contributed by atoms with Crippen LogP contribution in [0.5, 0.6) is 0 Å². The number of amides is 2. The fourth-order valence-electron chi connectivity index (χ4n) is 2.67. The third-order valence-electron chi connectivity index (χ3n) is 4.39. The normalized spacial score (nSPS) is 11.0. The SMILES string of the molecule is CCN(CC(=O)NCc1ccc(F)cc1)C(=O)/C=C/c1c(C)nn(C)c1C. The van der Waals surface area contributed by atoms with Gasteiger partial charge in [0.05, 0.1) is 12.2 Å². The smallest absolute Gasteiger partial charge is 0.247 e. The fourth-order valence-corrected chi connectivity index (χ4v) is 2.67. The minimum atomic E-state index is -0.321. The number of rotatable bonds is 7. The van der Waals surface area contributed by atoms with Crippen molar-refractivity contribution in [3.05, 3.63) is 58.7 Å². The van der Waals surface area contributed by atoms with Crippen LogP contribution < -0.4 is 5.32 Å². The van der Waals surface area contributed by atoms with E-state index in [4.69, 9.17) is 0 Å². The number of carbonyl (C=O) groups excluding carboxylic acids is 2. The second-order valence-corrected chi connectivity index (χ2v) is 6.30. The average Bonchev–Trinajstić information content (AvgIpc) is 2.89. The molecule has 0 bridgehead atoms. The maximum absolute atomic E-state index is 12.9. The van der Waals surface area contributed by atoms with Crippen molar-refractivity contribution in [1.82, 2.24) is 20.0 Å². The number of nitrogens with one attached hydrogen (secondary N) is 1. The molecule has 0 radical (unpaired) electrons. The summed E-state index contributed by atoms with van der Waals surface area (Å²) in [6.07, 6.45) is 3.20. The maximum Gasteiger partial charge on any atom is 0.247 e. The largest absolute Gasteiger partial charge is 0.350 e. The van der Waals surface area contributed by atoms with Crippen LogP contribution in [0, 0.1) is 19.7 Å². The molecule has 2 rings (SSSR count). The van der Waals surface area contributed by atoms with E-state index in [-0.39, 0.29) is 30.7 Å². The van der Waals surface area contributed by atoms with Gasteiger partial charge in [0, 0.05) is 37.5 Å². The molecule has 0 aliphatic heterocycles. The molecular formula is C20H25FN4O2. The molecule has 0 unspecified atom stereocenters. The highest BCUT2D eigenvalue weighted by Gasteiger charge is 2.14. The number of likely N-dealkylation sites (N-methyl/N-ethyl adjacent to an activating group) is 1. The minimum absolute atomic E-state index is 0.0358. The van der Waals surface area contributed by atoms with Crippen LogP contribution in [0.1, 0.15) is 29.4 Å². The number of carbonyl (C=O) groups is 2. The highest BCUT2D eigenvalue weighted by Crippen LogP contribution is 2.13. The third-order valence-corrected chi connectivity index (χ3v) is 4.39. The number of nitrogens with zero attached hydrogens (tertiary/aromatic N) is 3. The monoisotopic (exact) mass is 372 g/mol. The van der Waals surface area contributed by atoms with E-state index in [9.17, 15) is 14.0 Å². The van der Waals surface area contributed by atoms with Crippen LogP contribution in [-0.2, 0) is 23.2 Å². The zero-order chi connectivity index (χ0) is 20.0. The summed E-state index contributed by atoms with van der Waals surface area (Å²) in [5.74, 6) is -0.826. The van der Waals surface area contributed by atoms with E-state index in [1.807, 2.05) is 27.8 Å². The van der Waals surface area contributed by atoms with Gasteiger partial charge in [-0.3, -0.25) is 14.3 Å². The van der Waals surface area contributed by atoms with Gasteiger partial charge in [-0.15, -0.1) is 0 Å². The highest BCUT2D eigenvalue weighted by molar-refractivity contribution is 5.94. The van der Waals surface area contributed by atoms with Gasteiger partial charge in [0.15, 0.2) is 0 Å². The van der Waals surface area contributed by atoms with Crippen LogP contribution in [0.4, 0.5) is 4.39 Å². The van der Waals surface area contributed by atoms with Gasteiger partial charge in [0.2, 0.25) is 11.8 Å². The second-order valence-electron chi connectivity index (χ2n) is 6.30. The molecule has 1 aromatic heterocycles. The van der Waals surface area contributed by atoms with Crippen molar-refractivity contribution in [2.24, 2.45) is 7.05 Å². The van der Waals surface area contributed by atoms with Crippen molar-refractivity contribution in [2.75, 3.05) is 13.1 Å². The summed E-state index contributed by atoms with van der Waals surface area (Å²) in [5.41, 5.74) is 3.51. The molecule has 7 heteroatoms. The molecule has 1 aromatic carbocycles. The average molecular weight is 372 g/mol. The summed E-state index contributed by atoms with van der Waals surface area (Å²) < 4.78 is 14.7. The summed E-state index contributed by atoms with van der Waals surface area (Å²) in [5, 5.41) is 7.05. The van der Waals surface area contributed by atoms with E-state index < -0.39 is 0 Å². The van der Waals surface area contributed by atoms with Gasteiger partial charge in [-0.05, 0) is 44.5 Å². The van der Waals surface area contributed by atoms with E-state index in [0.717, 1.165) is 22.5 Å². The van der Waals surface area contributed by atoms with Crippen LogP contribution in [0.3, 0.4) is 0 Å². The topological polar surface area (TPSA) is 67.2 Å². The number of hydrogen-bond donors (Lipinski definition) is 1. The molecule has 2 amide bonds. The lowest BCUT2D eigenvalue weighted by Crippen LogP contribution is -2.39. The Morgan fingerprint density at radius 3 is 2.48 bits per heavy atom. The van der Waals surface area contributed by atoms with Crippen molar-refractivity contribution in [3.63, 3.8) is 0 Å². The summed E-state index contributed by atoms with van der Waals surface area (Å²) in [7, 11) is 1.85. The Balaban J connectivity index is 1.92. The first-order valence-electron chi connectivity index (χ1n) is 8.80. The summed E-state index contributed by atoms with van der Waals surface area (Å²) in [6, 6.07) is 5.91. The first kappa shape index (κ1) is 20.4. The van der Waals surface area contributed by atoms with E-state index in [1.54, 1.807) is 22.9 Å². The predicted octanol–water partition coefficient (Wildman–Crippen LogP) is 2.35. The van der Waals surface area contributed by atoms with Crippen LogP contribution >= 0.6 is 0 Å². The first-order chi connectivity index (χ1) is 12.8. The summed E-state index contributed by atoms with van der Waals surface area (Å²) in [6.45, 7) is 6.31. The molecule has 0 aliphatic rings. The predicted molar refractivity (Wildman–Crippen MR) is 102 cm³/mol. The van der Waals surface area contributed by atoms with Crippen LogP contribution in [-0.4, -0.2) is 39.6 Å². The molecule has 27 heavy (non-hydrogen) atoms. The number of aryl methyl sites for hydroxylation is 2. The Bertz CT molecular complexity index is 840. The standard InChI is InChI=1S/C20H25FN4O2/c1-5-25(13-19(26)22-12-16-6-8-17(21)9-7-16)20(27)11-10-18-14(2)23-24(4)15(18)3/h6-11H,5,12-13H2,1-4H3,(H,22,26)/b11-10+. The van der Waals surface area contributed by atoms with Crippen molar-refractivity contribution in [2.45, 2.75) is 27.3 Å². The molecule has 0 saturated carbocycles. The van der Waals surface area contributed by atoms with Gasteiger partial charge in [-0.1, -0.05) is 12.1 Å². The zero-order valence-corrected chi connectivity index (χ0v) is 16.1. The highest BCUT2D eigenvalue weighted by atomic mass is 19.1. The number of halogens is 1. The van der Waals surface area contributed by atoms with E-state index in [1.165, 1.54) is 23.1 Å². The lowest BCUT2D eigenvalue weighted by Gasteiger charge is -2.18. The number of aromatic nitrogens is 2. The Hall–Kier alpha value is -2.96. The third kappa shape index (κ3) is 5.51.